The van der Waals surface area contributed by atoms with Gasteiger partial charge in [0.05, 0.1) is 5.56 Å². The number of fused-ring (bicyclic) bond motifs is 1. The molecule has 1 aromatic rings. The van der Waals surface area contributed by atoms with Crippen LogP contribution >= 0.6 is 0 Å². The Hall–Kier alpha value is -1.70. The summed E-state index contributed by atoms with van der Waals surface area (Å²) in [5, 5.41) is 8.69. The van der Waals surface area contributed by atoms with E-state index in [2.05, 4.69) is 4.98 Å². The van der Waals surface area contributed by atoms with Gasteiger partial charge in [0.2, 0.25) is 5.92 Å². The number of nitriles is 1. The Morgan fingerprint density at radius 2 is 2.06 bits per heavy atom. The summed E-state index contributed by atoms with van der Waals surface area (Å²) in [6.07, 6.45) is 1.52. The molecular formula is C13H13F2N3. The number of hydrogen-bond donors (Lipinski definition) is 0. The second kappa shape index (κ2) is 3.64. The second-order valence-corrected chi connectivity index (χ2v) is 5.21. The zero-order valence-corrected chi connectivity index (χ0v) is 9.98. The van der Waals surface area contributed by atoms with E-state index in [0.29, 0.717) is 5.56 Å². The predicted octanol–water partition coefficient (Wildman–Crippen LogP) is 2.43. The monoisotopic (exact) mass is 249 g/mol. The molecular weight excluding hydrogens is 236 g/mol. The van der Waals surface area contributed by atoms with E-state index in [0.717, 1.165) is 5.82 Å². The molecule has 0 saturated heterocycles. The number of anilines is 1. The van der Waals surface area contributed by atoms with Gasteiger partial charge >= 0.3 is 0 Å². The first kappa shape index (κ1) is 11.4. The van der Waals surface area contributed by atoms with Crippen molar-refractivity contribution in [1.29, 1.82) is 5.26 Å². The molecule has 0 bridgehead atoms. The lowest BCUT2D eigenvalue weighted by Crippen LogP contribution is -2.28. The van der Waals surface area contributed by atoms with Gasteiger partial charge < -0.3 is 4.90 Å². The van der Waals surface area contributed by atoms with Crippen LogP contribution in [0.1, 0.15) is 18.4 Å². The maximum Gasteiger partial charge on any atom is 0.248 e. The third-order valence-electron chi connectivity index (χ3n) is 4.04. The van der Waals surface area contributed by atoms with Crippen molar-refractivity contribution in [2.45, 2.75) is 24.8 Å². The summed E-state index contributed by atoms with van der Waals surface area (Å²) in [5.74, 6) is -1.52. The molecule has 3 atom stereocenters. The van der Waals surface area contributed by atoms with Gasteiger partial charge in [0.15, 0.2) is 0 Å². The lowest BCUT2D eigenvalue weighted by molar-refractivity contribution is -0.00518. The Kier molecular flexibility index (Phi) is 2.31. The first-order valence-corrected chi connectivity index (χ1v) is 5.99. The average Bonchev–Trinajstić information content (AvgIpc) is 2.87. The maximum atomic E-state index is 13.1. The van der Waals surface area contributed by atoms with Crippen molar-refractivity contribution in [2.24, 2.45) is 11.8 Å². The SMILES string of the molecule is CN(c1ccc(C#N)cn1)C1[C@H]2CC(F)(F)C[C@@H]12. The van der Waals surface area contributed by atoms with Crippen molar-refractivity contribution < 1.29 is 8.78 Å². The minimum atomic E-state index is -2.47. The fourth-order valence-corrected chi connectivity index (χ4v) is 3.13. The molecule has 2 saturated carbocycles. The van der Waals surface area contributed by atoms with Crippen molar-refractivity contribution in [3.63, 3.8) is 0 Å². The van der Waals surface area contributed by atoms with Crippen molar-refractivity contribution >= 4 is 5.82 Å². The van der Waals surface area contributed by atoms with Gasteiger partial charge in [-0.15, -0.1) is 0 Å². The van der Waals surface area contributed by atoms with Gasteiger partial charge in [-0.1, -0.05) is 0 Å². The third kappa shape index (κ3) is 1.72. The number of hydrogen-bond acceptors (Lipinski definition) is 3. The maximum absolute atomic E-state index is 13.1. The van der Waals surface area contributed by atoms with Crippen LogP contribution in [0.15, 0.2) is 18.3 Å². The molecule has 5 heteroatoms. The molecule has 0 radical (unpaired) electrons. The van der Waals surface area contributed by atoms with E-state index >= 15 is 0 Å². The fraction of sp³-hybridized carbons (Fsp3) is 0.538. The summed E-state index contributed by atoms with van der Waals surface area (Å²) >= 11 is 0. The van der Waals surface area contributed by atoms with E-state index in [1.165, 1.54) is 6.20 Å². The zero-order valence-electron chi connectivity index (χ0n) is 9.98. The summed E-state index contributed by atoms with van der Waals surface area (Å²) in [6.45, 7) is 0. The van der Waals surface area contributed by atoms with Crippen LogP contribution in [0.2, 0.25) is 0 Å². The van der Waals surface area contributed by atoms with Gasteiger partial charge in [0.1, 0.15) is 11.9 Å². The van der Waals surface area contributed by atoms with Crippen LogP contribution in [0.5, 0.6) is 0 Å². The first-order valence-electron chi connectivity index (χ1n) is 5.99. The quantitative estimate of drug-likeness (QED) is 0.808. The molecule has 0 aliphatic heterocycles. The molecule has 2 aliphatic rings. The van der Waals surface area contributed by atoms with Crippen LogP contribution in [0, 0.1) is 23.2 Å². The minimum Gasteiger partial charge on any atom is -0.356 e. The van der Waals surface area contributed by atoms with Gasteiger partial charge in [-0.25, -0.2) is 13.8 Å². The highest BCUT2D eigenvalue weighted by molar-refractivity contribution is 5.45. The minimum absolute atomic E-state index is 0.00293. The van der Waals surface area contributed by atoms with Gasteiger partial charge in [-0.2, -0.15) is 5.26 Å². The molecule has 2 aliphatic carbocycles. The molecule has 3 nitrogen and oxygen atoms in total. The first-order chi connectivity index (χ1) is 8.52. The number of alkyl halides is 2. The highest BCUT2D eigenvalue weighted by atomic mass is 19.3. The van der Waals surface area contributed by atoms with Crippen molar-refractivity contribution in [2.75, 3.05) is 11.9 Å². The van der Waals surface area contributed by atoms with Crippen molar-refractivity contribution in [3.8, 4) is 6.07 Å². The Balaban J connectivity index is 1.70. The summed E-state index contributed by atoms with van der Waals surface area (Å²) in [6, 6.07) is 5.66. The van der Waals surface area contributed by atoms with E-state index < -0.39 is 5.92 Å². The van der Waals surface area contributed by atoms with Crippen LogP contribution in [-0.4, -0.2) is 24.0 Å². The molecule has 2 fully saturated rings. The average molecular weight is 249 g/mol. The van der Waals surface area contributed by atoms with E-state index in [1.807, 2.05) is 18.0 Å². The van der Waals surface area contributed by atoms with Gasteiger partial charge in [-0.3, -0.25) is 0 Å². The fourth-order valence-electron chi connectivity index (χ4n) is 3.13. The number of aromatic nitrogens is 1. The predicted molar refractivity (Wildman–Crippen MR) is 62.3 cm³/mol. The van der Waals surface area contributed by atoms with Crippen LogP contribution < -0.4 is 4.90 Å². The van der Waals surface area contributed by atoms with Gasteiger partial charge in [-0.05, 0) is 24.0 Å². The topological polar surface area (TPSA) is 39.9 Å². The lowest BCUT2D eigenvalue weighted by Gasteiger charge is -2.22. The largest absolute Gasteiger partial charge is 0.356 e. The second-order valence-electron chi connectivity index (χ2n) is 5.21. The van der Waals surface area contributed by atoms with E-state index in [4.69, 9.17) is 5.26 Å². The number of rotatable bonds is 2. The summed E-state index contributed by atoms with van der Waals surface area (Å²) in [7, 11) is 1.88. The highest BCUT2D eigenvalue weighted by Gasteiger charge is 2.64. The van der Waals surface area contributed by atoms with Crippen LogP contribution in [-0.2, 0) is 0 Å². The molecule has 1 unspecified atom stereocenters. The smallest absolute Gasteiger partial charge is 0.248 e. The third-order valence-corrected chi connectivity index (χ3v) is 4.04. The van der Waals surface area contributed by atoms with E-state index in [9.17, 15) is 8.78 Å². The number of halogens is 2. The van der Waals surface area contributed by atoms with Crippen molar-refractivity contribution in [3.05, 3.63) is 23.9 Å². The molecule has 1 heterocycles. The summed E-state index contributed by atoms with van der Waals surface area (Å²) in [5.41, 5.74) is 0.509. The zero-order chi connectivity index (χ0) is 12.9. The lowest BCUT2D eigenvalue weighted by atomic mass is 10.1. The van der Waals surface area contributed by atoms with Crippen LogP contribution in [0.3, 0.4) is 0 Å². The Morgan fingerprint density at radius 3 is 2.56 bits per heavy atom. The number of pyridine rings is 1. The summed E-state index contributed by atoms with van der Waals surface area (Å²) in [4.78, 5) is 6.15. The Labute approximate surface area is 104 Å². The Morgan fingerprint density at radius 1 is 1.39 bits per heavy atom. The standard InChI is InChI=1S/C13H13F2N3/c1-18(11-3-2-8(6-16)7-17-11)12-9-4-13(14,15)5-10(9)12/h2-3,7,9-10,12H,4-5H2,1H3/t9-,10+,12?. The van der Waals surface area contributed by atoms with E-state index in [1.54, 1.807) is 12.1 Å². The molecule has 3 rings (SSSR count). The van der Waals surface area contributed by atoms with Crippen LogP contribution in [0.25, 0.3) is 0 Å². The van der Waals surface area contributed by atoms with Gasteiger partial charge in [0, 0.05) is 32.1 Å². The number of nitrogens with zero attached hydrogens (tertiary/aromatic N) is 3. The highest BCUT2D eigenvalue weighted by Crippen LogP contribution is 2.60. The summed E-state index contributed by atoms with van der Waals surface area (Å²) < 4.78 is 26.2. The van der Waals surface area contributed by atoms with Crippen molar-refractivity contribution in [1.82, 2.24) is 4.98 Å². The molecule has 0 spiro atoms. The van der Waals surface area contributed by atoms with E-state index in [-0.39, 0.29) is 30.7 Å². The van der Waals surface area contributed by atoms with Crippen LogP contribution in [0.4, 0.5) is 14.6 Å². The van der Waals surface area contributed by atoms with Gasteiger partial charge in [0.25, 0.3) is 0 Å². The molecule has 94 valence electrons. The molecule has 0 N–H and O–H groups in total. The molecule has 0 amide bonds. The molecule has 18 heavy (non-hydrogen) atoms. The molecule has 1 aromatic heterocycles. The molecule has 0 aromatic carbocycles. The Bertz CT molecular complexity index is 492. The normalized spacial score (nSPS) is 31.6.